The number of likely N-dealkylation sites (tertiary alicyclic amines) is 1. The fourth-order valence-electron chi connectivity index (χ4n) is 1.60. The van der Waals surface area contributed by atoms with Gasteiger partial charge in [0.15, 0.2) is 0 Å². The minimum Gasteiger partial charge on any atom is -0.341 e. The highest BCUT2D eigenvalue weighted by atomic mass is 16.2. The summed E-state index contributed by atoms with van der Waals surface area (Å²) >= 11 is 0. The van der Waals surface area contributed by atoms with Gasteiger partial charge in [-0.05, 0) is 40.3 Å². The number of hydrogen-bond acceptors (Lipinski definition) is 2. The molecule has 0 aliphatic carbocycles. The van der Waals surface area contributed by atoms with Crippen molar-refractivity contribution in [3.63, 3.8) is 0 Å². The molecule has 1 atom stereocenters. The van der Waals surface area contributed by atoms with Crippen LogP contribution in [0, 0.1) is 0 Å². The predicted octanol–water partition coefficient (Wildman–Crippen LogP) is 0.949. The second-order valence-electron chi connectivity index (χ2n) is 4.03. The zero-order valence-corrected chi connectivity index (χ0v) is 8.92. The van der Waals surface area contributed by atoms with Crippen molar-refractivity contribution in [2.24, 2.45) is 0 Å². The van der Waals surface area contributed by atoms with Crippen LogP contribution in [0.2, 0.25) is 0 Å². The Hall–Kier alpha value is -0.570. The molecule has 76 valence electrons. The summed E-state index contributed by atoms with van der Waals surface area (Å²) in [6.07, 6.45) is 3.62. The van der Waals surface area contributed by atoms with E-state index in [0.717, 1.165) is 13.1 Å². The van der Waals surface area contributed by atoms with E-state index in [1.807, 2.05) is 30.8 Å². The van der Waals surface area contributed by atoms with Gasteiger partial charge >= 0.3 is 0 Å². The summed E-state index contributed by atoms with van der Waals surface area (Å²) in [5.41, 5.74) is 0. The minimum atomic E-state index is 0.0260. The third-order valence-electron chi connectivity index (χ3n) is 2.80. The second kappa shape index (κ2) is 4.61. The van der Waals surface area contributed by atoms with Crippen LogP contribution in [-0.2, 0) is 4.79 Å². The van der Waals surface area contributed by atoms with E-state index in [0.29, 0.717) is 0 Å². The third kappa shape index (κ3) is 2.69. The molecular formula is C10H20N2O. The topological polar surface area (TPSA) is 23.6 Å². The Balaban J connectivity index is 2.45. The molecule has 0 unspecified atom stereocenters. The molecule has 1 aliphatic rings. The summed E-state index contributed by atoms with van der Waals surface area (Å²) in [7, 11) is 3.90. The van der Waals surface area contributed by atoms with Crippen LogP contribution >= 0.6 is 0 Å². The summed E-state index contributed by atoms with van der Waals surface area (Å²) < 4.78 is 0. The van der Waals surface area contributed by atoms with Crippen molar-refractivity contribution in [1.82, 2.24) is 9.80 Å². The molecule has 0 aromatic rings. The number of likely N-dealkylation sites (N-methyl/N-ethyl adjacent to an activating group) is 1. The van der Waals surface area contributed by atoms with Gasteiger partial charge in [-0.2, -0.15) is 0 Å². The number of carbonyl (C=O) groups is 1. The van der Waals surface area contributed by atoms with Gasteiger partial charge < -0.3 is 4.90 Å². The Morgan fingerprint density at radius 1 is 1.23 bits per heavy atom. The first-order valence-corrected chi connectivity index (χ1v) is 5.08. The van der Waals surface area contributed by atoms with E-state index in [1.165, 1.54) is 19.3 Å². The normalized spacial score (nSPS) is 20.5. The van der Waals surface area contributed by atoms with Crippen LogP contribution in [0.15, 0.2) is 0 Å². The summed E-state index contributed by atoms with van der Waals surface area (Å²) in [5, 5.41) is 0. The number of rotatable bonds is 2. The van der Waals surface area contributed by atoms with E-state index >= 15 is 0 Å². The van der Waals surface area contributed by atoms with Gasteiger partial charge in [0.05, 0.1) is 6.04 Å². The van der Waals surface area contributed by atoms with Crippen LogP contribution in [-0.4, -0.2) is 48.9 Å². The maximum absolute atomic E-state index is 11.8. The van der Waals surface area contributed by atoms with E-state index in [9.17, 15) is 4.79 Å². The quantitative estimate of drug-likeness (QED) is 0.638. The van der Waals surface area contributed by atoms with Gasteiger partial charge in [0.25, 0.3) is 0 Å². The van der Waals surface area contributed by atoms with E-state index in [1.54, 1.807) is 0 Å². The summed E-state index contributed by atoms with van der Waals surface area (Å²) in [6.45, 7) is 3.88. The highest BCUT2D eigenvalue weighted by molar-refractivity contribution is 5.81. The number of amides is 1. The number of nitrogens with zero attached hydrogens (tertiary/aromatic N) is 2. The smallest absolute Gasteiger partial charge is 0.239 e. The molecule has 0 aromatic heterocycles. The molecule has 0 saturated carbocycles. The van der Waals surface area contributed by atoms with Crippen molar-refractivity contribution in [1.29, 1.82) is 0 Å². The average Bonchev–Trinajstić information content (AvgIpc) is 2.17. The molecule has 1 amide bonds. The van der Waals surface area contributed by atoms with Crippen molar-refractivity contribution in [3.05, 3.63) is 0 Å². The van der Waals surface area contributed by atoms with Gasteiger partial charge in [0, 0.05) is 13.1 Å². The zero-order valence-electron chi connectivity index (χ0n) is 8.92. The highest BCUT2D eigenvalue weighted by Gasteiger charge is 2.22. The number of piperidine rings is 1. The molecule has 1 heterocycles. The Kier molecular flexibility index (Phi) is 3.72. The lowest BCUT2D eigenvalue weighted by atomic mass is 10.1. The van der Waals surface area contributed by atoms with Crippen LogP contribution in [0.4, 0.5) is 0 Å². The monoisotopic (exact) mass is 184 g/mol. The average molecular weight is 184 g/mol. The van der Waals surface area contributed by atoms with E-state index < -0.39 is 0 Å². The second-order valence-corrected chi connectivity index (χ2v) is 4.03. The van der Waals surface area contributed by atoms with E-state index in [2.05, 4.69) is 0 Å². The highest BCUT2D eigenvalue weighted by Crippen LogP contribution is 2.10. The number of hydrogen-bond donors (Lipinski definition) is 0. The van der Waals surface area contributed by atoms with Crippen LogP contribution in [0.1, 0.15) is 26.2 Å². The largest absolute Gasteiger partial charge is 0.341 e. The van der Waals surface area contributed by atoms with Crippen molar-refractivity contribution < 1.29 is 4.79 Å². The first-order chi connectivity index (χ1) is 6.13. The van der Waals surface area contributed by atoms with Crippen LogP contribution in [0.3, 0.4) is 0 Å². The lowest BCUT2D eigenvalue weighted by molar-refractivity contribution is -0.136. The molecule has 0 aromatic carbocycles. The lowest BCUT2D eigenvalue weighted by Gasteiger charge is -2.31. The molecule has 0 radical (unpaired) electrons. The fraction of sp³-hybridized carbons (Fsp3) is 0.900. The van der Waals surface area contributed by atoms with Gasteiger partial charge in [-0.1, -0.05) is 0 Å². The van der Waals surface area contributed by atoms with Crippen molar-refractivity contribution in [2.45, 2.75) is 32.2 Å². The predicted molar refractivity (Wildman–Crippen MR) is 53.6 cm³/mol. The Morgan fingerprint density at radius 3 is 2.23 bits per heavy atom. The number of carbonyl (C=O) groups excluding carboxylic acids is 1. The third-order valence-corrected chi connectivity index (χ3v) is 2.80. The van der Waals surface area contributed by atoms with E-state index in [-0.39, 0.29) is 11.9 Å². The van der Waals surface area contributed by atoms with Crippen LogP contribution < -0.4 is 0 Å². The lowest BCUT2D eigenvalue weighted by Crippen LogP contribution is -2.46. The van der Waals surface area contributed by atoms with Crippen molar-refractivity contribution in [3.8, 4) is 0 Å². The SMILES string of the molecule is C[C@H](C(=O)N1CCCCC1)N(C)C. The molecule has 13 heavy (non-hydrogen) atoms. The maximum atomic E-state index is 11.8. The standard InChI is InChI=1S/C10H20N2O/c1-9(11(2)3)10(13)12-7-5-4-6-8-12/h9H,4-8H2,1-3H3/t9-/m1/s1. The molecule has 1 fully saturated rings. The van der Waals surface area contributed by atoms with Gasteiger partial charge in [-0.15, -0.1) is 0 Å². The molecule has 0 spiro atoms. The maximum Gasteiger partial charge on any atom is 0.239 e. The molecule has 1 aliphatic heterocycles. The molecule has 0 bridgehead atoms. The first-order valence-electron chi connectivity index (χ1n) is 5.08. The minimum absolute atomic E-state index is 0.0260. The fourth-order valence-corrected chi connectivity index (χ4v) is 1.60. The first kappa shape index (κ1) is 10.5. The van der Waals surface area contributed by atoms with Gasteiger partial charge in [0.1, 0.15) is 0 Å². The van der Waals surface area contributed by atoms with Gasteiger partial charge in [0.2, 0.25) is 5.91 Å². The molecule has 3 heteroatoms. The zero-order chi connectivity index (χ0) is 9.84. The van der Waals surface area contributed by atoms with Gasteiger partial charge in [-0.3, -0.25) is 9.69 Å². The van der Waals surface area contributed by atoms with Crippen molar-refractivity contribution >= 4 is 5.91 Å². The van der Waals surface area contributed by atoms with Crippen LogP contribution in [0.5, 0.6) is 0 Å². The van der Waals surface area contributed by atoms with Crippen molar-refractivity contribution in [2.75, 3.05) is 27.2 Å². The summed E-state index contributed by atoms with van der Waals surface area (Å²) in [4.78, 5) is 15.8. The van der Waals surface area contributed by atoms with E-state index in [4.69, 9.17) is 0 Å². The molecule has 1 rings (SSSR count). The molecule has 0 N–H and O–H groups in total. The summed E-state index contributed by atoms with van der Waals surface area (Å²) in [6, 6.07) is 0.0260. The van der Waals surface area contributed by atoms with Crippen LogP contribution in [0.25, 0.3) is 0 Å². The molecular weight excluding hydrogens is 164 g/mol. The molecule has 3 nitrogen and oxygen atoms in total. The van der Waals surface area contributed by atoms with Gasteiger partial charge in [-0.25, -0.2) is 0 Å². The Bertz CT molecular complexity index is 174. The molecule has 1 saturated heterocycles. The Labute approximate surface area is 80.7 Å². The Morgan fingerprint density at radius 2 is 1.77 bits per heavy atom. The summed E-state index contributed by atoms with van der Waals surface area (Å²) in [5.74, 6) is 0.282.